The lowest BCUT2D eigenvalue weighted by Gasteiger charge is -2.20. The highest BCUT2D eigenvalue weighted by molar-refractivity contribution is 7.90. The summed E-state index contributed by atoms with van der Waals surface area (Å²) in [6.45, 7) is 0.113. The lowest BCUT2D eigenvalue weighted by Crippen LogP contribution is -2.16. The highest BCUT2D eigenvalue weighted by Gasteiger charge is 2.29. The molecule has 1 aliphatic carbocycles. The Labute approximate surface area is 227 Å². The zero-order valence-electron chi connectivity index (χ0n) is 20.4. The van der Waals surface area contributed by atoms with Crippen molar-refractivity contribution in [2.24, 2.45) is 5.73 Å². The fourth-order valence-corrected chi connectivity index (χ4v) is 5.48. The molecule has 0 atom stereocenters. The van der Waals surface area contributed by atoms with Crippen molar-refractivity contribution in [1.29, 1.82) is 0 Å². The van der Waals surface area contributed by atoms with E-state index in [1.54, 1.807) is 35.0 Å². The highest BCUT2D eigenvalue weighted by Crippen LogP contribution is 2.40. The Hall–Kier alpha value is -4.42. The maximum atomic E-state index is 13.1. The van der Waals surface area contributed by atoms with E-state index in [0.29, 0.717) is 47.0 Å². The van der Waals surface area contributed by atoms with Crippen molar-refractivity contribution < 1.29 is 27.5 Å². The highest BCUT2D eigenvalue weighted by atomic mass is 35.5. The van der Waals surface area contributed by atoms with Crippen LogP contribution in [0.1, 0.15) is 32.0 Å². The summed E-state index contributed by atoms with van der Waals surface area (Å²) < 4.78 is 36.4. The molecule has 1 aliphatic heterocycles. The third kappa shape index (κ3) is 4.37. The molecule has 2 aliphatic rings. The summed E-state index contributed by atoms with van der Waals surface area (Å²) in [6.07, 6.45) is 3.31. The molecule has 0 radical (unpaired) electrons. The largest absolute Gasteiger partial charge is 0.454 e. The number of aryl methyl sites for hydroxylation is 1. The Kier molecular flexibility index (Phi) is 5.81. The number of nitrogens with zero attached hydrogens (tertiary/aromatic N) is 3. The number of amides is 2. The fourth-order valence-electron chi connectivity index (χ4n) is 4.71. The van der Waals surface area contributed by atoms with Gasteiger partial charge in [0, 0.05) is 35.3 Å². The molecule has 198 valence electrons. The number of benzene rings is 2. The minimum Gasteiger partial charge on any atom is -0.454 e. The van der Waals surface area contributed by atoms with Crippen molar-refractivity contribution in [3.05, 3.63) is 76.1 Å². The summed E-state index contributed by atoms with van der Waals surface area (Å²) in [7, 11) is -3.65. The van der Waals surface area contributed by atoms with Gasteiger partial charge in [0.2, 0.25) is 6.79 Å². The zero-order chi connectivity index (χ0) is 27.5. The molecule has 0 bridgehead atoms. The van der Waals surface area contributed by atoms with Gasteiger partial charge in [-0.15, -0.1) is 0 Å². The molecule has 11 nitrogen and oxygen atoms in total. The van der Waals surface area contributed by atoms with Gasteiger partial charge in [-0.05, 0) is 48.7 Å². The first kappa shape index (κ1) is 24.9. The summed E-state index contributed by atoms with van der Waals surface area (Å²) in [5.41, 5.74) is 9.99. The summed E-state index contributed by atoms with van der Waals surface area (Å²) in [5, 5.41) is 7.06. The number of fused-ring (bicyclic) bond motifs is 4. The van der Waals surface area contributed by atoms with Crippen molar-refractivity contribution >= 4 is 38.9 Å². The SMILES string of the molecule is CS(=O)(=O)c1cc(C(=O)Nc2ccc3c(c2)-c2c(c(C(N)=O)nn2-c2ccc4c(c2)OCO4)CC3)c(Cl)cn1. The molecule has 6 rings (SSSR count). The van der Waals surface area contributed by atoms with Crippen LogP contribution in [0.4, 0.5) is 5.69 Å². The number of ether oxygens (including phenoxy) is 2. The number of hydrogen-bond acceptors (Lipinski definition) is 8. The molecule has 0 fully saturated rings. The number of nitrogens with one attached hydrogen (secondary N) is 1. The lowest BCUT2D eigenvalue weighted by atomic mass is 9.88. The molecule has 3 N–H and O–H groups in total. The molecular weight excluding hydrogens is 546 g/mol. The summed E-state index contributed by atoms with van der Waals surface area (Å²) in [6, 6.07) is 11.9. The van der Waals surface area contributed by atoms with Crippen LogP contribution in [0.3, 0.4) is 0 Å². The van der Waals surface area contributed by atoms with Crippen LogP contribution in [0.15, 0.2) is 53.7 Å². The average molecular weight is 566 g/mol. The number of sulfone groups is 1. The van der Waals surface area contributed by atoms with Crippen LogP contribution in [0.25, 0.3) is 16.9 Å². The number of hydrogen-bond donors (Lipinski definition) is 2. The van der Waals surface area contributed by atoms with Gasteiger partial charge in [0.25, 0.3) is 11.8 Å². The molecule has 39 heavy (non-hydrogen) atoms. The van der Waals surface area contributed by atoms with E-state index in [1.807, 2.05) is 6.07 Å². The maximum Gasteiger partial charge on any atom is 0.269 e. The van der Waals surface area contributed by atoms with Crippen LogP contribution in [0.5, 0.6) is 11.5 Å². The van der Waals surface area contributed by atoms with E-state index in [4.69, 9.17) is 26.8 Å². The number of aromatic nitrogens is 3. The van der Waals surface area contributed by atoms with E-state index in [2.05, 4.69) is 15.4 Å². The fraction of sp³-hybridized carbons (Fsp3) is 0.154. The topological polar surface area (TPSA) is 156 Å². The van der Waals surface area contributed by atoms with Gasteiger partial charge in [-0.2, -0.15) is 5.10 Å². The second kappa shape index (κ2) is 9.10. The standard InChI is InChI=1S/C26H20ClN5O6S/c1-39(35,36)22-10-18(19(27)11-29-22)26(34)30-14-4-2-13-3-6-16-23(25(28)33)31-32(24(16)17(13)8-14)15-5-7-20-21(9-15)38-12-37-20/h2,4-5,7-11H,3,6,12H2,1H3,(H2,28,33)(H,30,34). The van der Waals surface area contributed by atoms with Gasteiger partial charge in [0.05, 0.1) is 22.0 Å². The van der Waals surface area contributed by atoms with Crippen molar-refractivity contribution in [1.82, 2.24) is 14.8 Å². The first-order valence-electron chi connectivity index (χ1n) is 11.7. The molecule has 2 aromatic heterocycles. The molecule has 2 aromatic carbocycles. The third-order valence-corrected chi connectivity index (χ3v) is 7.82. The number of anilines is 1. The Morgan fingerprint density at radius 1 is 1.08 bits per heavy atom. The van der Waals surface area contributed by atoms with E-state index in [0.717, 1.165) is 29.6 Å². The van der Waals surface area contributed by atoms with Gasteiger partial charge < -0.3 is 20.5 Å². The van der Waals surface area contributed by atoms with Gasteiger partial charge in [0.15, 0.2) is 32.1 Å². The molecule has 3 heterocycles. The van der Waals surface area contributed by atoms with Crippen LogP contribution in [-0.2, 0) is 22.7 Å². The predicted molar refractivity (Wildman–Crippen MR) is 141 cm³/mol. The van der Waals surface area contributed by atoms with Gasteiger partial charge in [-0.1, -0.05) is 17.7 Å². The van der Waals surface area contributed by atoms with Gasteiger partial charge in [0.1, 0.15) is 0 Å². The van der Waals surface area contributed by atoms with Gasteiger partial charge in [-0.25, -0.2) is 18.1 Å². The van der Waals surface area contributed by atoms with E-state index < -0.39 is 21.7 Å². The molecule has 0 unspecified atom stereocenters. The first-order valence-corrected chi connectivity index (χ1v) is 14.0. The average Bonchev–Trinajstić information content (AvgIpc) is 3.52. The summed E-state index contributed by atoms with van der Waals surface area (Å²) in [4.78, 5) is 29.2. The third-order valence-electron chi connectivity index (χ3n) is 6.54. The monoisotopic (exact) mass is 565 g/mol. The zero-order valence-corrected chi connectivity index (χ0v) is 22.0. The number of nitrogens with two attached hydrogens (primary N) is 1. The van der Waals surface area contributed by atoms with Crippen LogP contribution in [0, 0.1) is 0 Å². The number of pyridine rings is 1. The number of carbonyl (C=O) groups is 2. The molecule has 0 saturated heterocycles. The van der Waals surface area contributed by atoms with Crippen LogP contribution in [0.2, 0.25) is 5.02 Å². The van der Waals surface area contributed by atoms with Crippen molar-refractivity contribution in [3.63, 3.8) is 0 Å². The number of rotatable bonds is 5. The van der Waals surface area contributed by atoms with Crippen LogP contribution >= 0.6 is 11.6 Å². The van der Waals surface area contributed by atoms with Crippen molar-refractivity contribution in [2.45, 2.75) is 17.9 Å². The molecule has 0 saturated carbocycles. The van der Waals surface area contributed by atoms with Crippen LogP contribution in [-0.4, -0.2) is 48.0 Å². The van der Waals surface area contributed by atoms with E-state index in [1.165, 1.54) is 0 Å². The minimum absolute atomic E-state index is 0.00660. The second-order valence-electron chi connectivity index (χ2n) is 9.09. The Balaban J connectivity index is 1.42. The molecule has 2 amide bonds. The predicted octanol–water partition coefficient (Wildman–Crippen LogP) is 3.17. The first-order chi connectivity index (χ1) is 18.6. The quantitative estimate of drug-likeness (QED) is 0.374. The van der Waals surface area contributed by atoms with Crippen molar-refractivity contribution in [2.75, 3.05) is 18.4 Å². The molecule has 0 spiro atoms. The Bertz CT molecular complexity index is 1820. The smallest absolute Gasteiger partial charge is 0.269 e. The van der Waals surface area contributed by atoms with E-state index in [9.17, 15) is 18.0 Å². The maximum absolute atomic E-state index is 13.1. The number of halogens is 1. The second-order valence-corrected chi connectivity index (χ2v) is 11.5. The lowest BCUT2D eigenvalue weighted by molar-refractivity contribution is 0.0992. The van der Waals surface area contributed by atoms with Gasteiger partial charge >= 0.3 is 0 Å². The Morgan fingerprint density at radius 2 is 1.87 bits per heavy atom. The number of carbonyl (C=O) groups excluding carboxylic acids is 2. The molecule has 13 heteroatoms. The van der Waals surface area contributed by atoms with Crippen molar-refractivity contribution in [3.8, 4) is 28.4 Å². The molecular formula is C26H20ClN5O6S. The van der Waals surface area contributed by atoms with Crippen LogP contribution < -0.4 is 20.5 Å². The normalized spacial score (nSPS) is 13.5. The van der Waals surface area contributed by atoms with Gasteiger partial charge in [-0.3, -0.25) is 9.59 Å². The van der Waals surface area contributed by atoms with E-state index >= 15 is 0 Å². The number of primary amides is 1. The Morgan fingerprint density at radius 3 is 2.64 bits per heavy atom. The summed E-state index contributed by atoms with van der Waals surface area (Å²) >= 11 is 6.16. The molecule has 4 aromatic rings. The van der Waals surface area contributed by atoms with E-state index in [-0.39, 0.29) is 28.1 Å². The summed E-state index contributed by atoms with van der Waals surface area (Å²) in [5.74, 6) is -0.0933. The minimum atomic E-state index is -3.65.